The third kappa shape index (κ3) is 3.72. The molecule has 1 saturated heterocycles. The van der Waals surface area contributed by atoms with Crippen molar-refractivity contribution in [2.45, 2.75) is 38.1 Å². The van der Waals surface area contributed by atoms with Gasteiger partial charge < -0.3 is 5.32 Å². The standard InChI is InChI=1S/C11H19N/c1-2-3-4-5-8-11-9-6-7-10-12-11/h2-4,11-12H,1,5-10H2. The molecule has 0 amide bonds. The Kier molecular flexibility index (Phi) is 4.77. The molecular weight excluding hydrogens is 146 g/mol. The van der Waals surface area contributed by atoms with E-state index < -0.39 is 0 Å². The van der Waals surface area contributed by atoms with Gasteiger partial charge in [0.2, 0.25) is 0 Å². The molecular formula is C11H19N. The van der Waals surface area contributed by atoms with E-state index in [-0.39, 0.29) is 0 Å². The molecule has 0 aromatic carbocycles. The van der Waals surface area contributed by atoms with E-state index in [1.54, 1.807) is 0 Å². The molecule has 0 bridgehead atoms. The summed E-state index contributed by atoms with van der Waals surface area (Å²) in [4.78, 5) is 0. The highest BCUT2D eigenvalue weighted by atomic mass is 14.9. The van der Waals surface area contributed by atoms with Crippen molar-refractivity contribution in [3.8, 4) is 0 Å². The van der Waals surface area contributed by atoms with Crippen molar-refractivity contribution in [3.63, 3.8) is 0 Å². The zero-order valence-corrected chi connectivity index (χ0v) is 7.76. The summed E-state index contributed by atoms with van der Waals surface area (Å²) < 4.78 is 0. The summed E-state index contributed by atoms with van der Waals surface area (Å²) >= 11 is 0. The first-order chi connectivity index (χ1) is 5.93. The molecule has 12 heavy (non-hydrogen) atoms. The van der Waals surface area contributed by atoms with Crippen LogP contribution in [0, 0.1) is 0 Å². The fraction of sp³-hybridized carbons (Fsp3) is 0.636. The quantitative estimate of drug-likeness (QED) is 0.631. The highest BCUT2D eigenvalue weighted by Crippen LogP contribution is 2.11. The molecule has 1 unspecified atom stereocenters. The van der Waals surface area contributed by atoms with Crippen molar-refractivity contribution in [2.75, 3.05) is 6.54 Å². The first-order valence-corrected chi connectivity index (χ1v) is 4.94. The van der Waals surface area contributed by atoms with Gasteiger partial charge in [0, 0.05) is 6.04 Å². The van der Waals surface area contributed by atoms with Crippen LogP contribution in [0.2, 0.25) is 0 Å². The van der Waals surface area contributed by atoms with Crippen molar-refractivity contribution in [3.05, 3.63) is 24.8 Å². The van der Waals surface area contributed by atoms with Gasteiger partial charge in [-0.2, -0.15) is 0 Å². The zero-order valence-electron chi connectivity index (χ0n) is 7.76. The van der Waals surface area contributed by atoms with Crippen LogP contribution in [0.3, 0.4) is 0 Å². The highest BCUT2D eigenvalue weighted by Gasteiger charge is 2.10. The molecule has 0 radical (unpaired) electrons. The molecule has 1 heterocycles. The van der Waals surface area contributed by atoms with Gasteiger partial charge >= 0.3 is 0 Å². The van der Waals surface area contributed by atoms with Crippen molar-refractivity contribution in [1.82, 2.24) is 5.32 Å². The normalized spacial score (nSPS) is 24.5. The predicted octanol–water partition coefficient (Wildman–Crippen LogP) is 2.65. The van der Waals surface area contributed by atoms with Crippen LogP contribution in [-0.4, -0.2) is 12.6 Å². The van der Waals surface area contributed by atoms with Crippen molar-refractivity contribution >= 4 is 0 Å². The monoisotopic (exact) mass is 165 g/mol. The van der Waals surface area contributed by atoms with Gasteiger partial charge in [-0.25, -0.2) is 0 Å². The van der Waals surface area contributed by atoms with Gasteiger partial charge in [0.15, 0.2) is 0 Å². The van der Waals surface area contributed by atoms with Gasteiger partial charge in [0.25, 0.3) is 0 Å². The summed E-state index contributed by atoms with van der Waals surface area (Å²) in [5.74, 6) is 0. The van der Waals surface area contributed by atoms with E-state index in [2.05, 4.69) is 18.0 Å². The largest absolute Gasteiger partial charge is 0.314 e. The Hall–Kier alpha value is -0.560. The number of piperidine rings is 1. The number of rotatable bonds is 4. The van der Waals surface area contributed by atoms with E-state index in [0.29, 0.717) is 0 Å². The molecule has 1 rings (SSSR count). The van der Waals surface area contributed by atoms with Crippen LogP contribution in [0.5, 0.6) is 0 Å². The molecule has 0 aliphatic carbocycles. The average Bonchev–Trinajstić information content (AvgIpc) is 2.14. The first-order valence-electron chi connectivity index (χ1n) is 4.94. The second-order valence-corrected chi connectivity index (χ2v) is 3.39. The molecule has 1 aliphatic heterocycles. The summed E-state index contributed by atoms with van der Waals surface area (Å²) in [5.41, 5.74) is 0. The van der Waals surface area contributed by atoms with Crippen LogP contribution in [0.1, 0.15) is 32.1 Å². The second-order valence-electron chi connectivity index (χ2n) is 3.39. The van der Waals surface area contributed by atoms with Gasteiger partial charge in [-0.05, 0) is 32.2 Å². The minimum atomic E-state index is 0.771. The average molecular weight is 165 g/mol. The molecule has 1 heteroatoms. The van der Waals surface area contributed by atoms with Gasteiger partial charge in [-0.1, -0.05) is 31.2 Å². The molecule has 1 aliphatic rings. The molecule has 0 saturated carbocycles. The number of nitrogens with one attached hydrogen (secondary N) is 1. The Balaban J connectivity index is 2.05. The lowest BCUT2D eigenvalue weighted by atomic mass is 10.0. The van der Waals surface area contributed by atoms with E-state index in [1.165, 1.54) is 38.6 Å². The van der Waals surface area contributed by atoms with E-state index in [4.69, 9.17) is 0 Å². The Bertz CT molecular complexity index is 143. The molecule has 1 N–H and O–H groups in total. The fourth-order valence-electron chi connectivity index (χ4n) is 1.66. The van der Waals surface area contributed by atoms with E-state index in [1.807, 2.05) is 12.2 Å². The third-order valence-electron chi connectivity index (χ3n) is 2.37. The maximum atomic E-state index is 3.64. The Morgan fingerprint density at radius 1 is 1.42 bits per heavy atom. The molecule has 68 valence electrons. The van der Waals surface area contributed by atoms with Crippen LogP contribution in [0.4, 0.5) is 0 Å². The second kappa shape index (κ2) is 6.01. The summed E-state index contributed by atoms with van der Waals surface area (Å²) in [7, 11) is 0. The zero-order chi connectivity index (χ0) is 8.65. The number of hydrogen-bond donors (Lipinski definition) is 1. The van der Waals surface area contributed by atoms with Gasteiger partial charge in [0.05, 0.1) is 0 Å². The van der Waals surface area contributed by atoms with Crippen molar-refractivity contribution in [2.24, 2.45) is 0 Å². The first kappa shape index (κ1) is 9.53. The SMILES string of the molecule is C=CC=CCCC1CCCCN1. The topological polar surface area (TPSA) is 12.0 Å². The Morgan fingerprint density at radius 2 is 2.33 bits per heavy atom. The van der Waals surface area contributed by atoms with Gasteiger partial charge in [-0.3, -0.25) is 0 Å². The number of allylic oxidation sites excluding steroid dienone is 3. The molecule has 1 nitrogen and oxygen atoms in total. The predicted molar refractivity (Wildman–Crippen MR) is 54.2 cm³/mol. The van der Waals surface area contributed by atoms with Crippen LogP contribution in [-0.2, 0) is 0 Å². The van der Waals surface area contributed by atoms with E-state index >= 15 is 0 Å². The minimum Gasteiger partial charge on any atom is -0.314 e. The van der Waals surface area contributed by atoms with Gasteiger partial charge in [-0.15, -0.1) is 0 Å². The lowest BCUT2D eigenvalue weighted by Crippen LogP contribution is -2.33. The summed E-state index contributed by atoms with van der Waals surface area (Å²) in [6, 6.07) is 0.771. The van der Waals surface area contributed by atoms with Crippen LogP contribution < -0.4 is 5.32 Å². The summed E-state index contributed by atoms with van der Waals surface area (Å²) in [6.07, 6.45) is 12.7. The maximum absolute atomic E-state index is 3.64. The lowest BCUT2D eigenvalue weighted by molar-refractivity contribution is 0.384. The summed E-state index contributed by atoms with van der Waals surface area (Å²) in [5, 5.41) is 3.54. The molecule has 1 atom stereocenters. The van der Waals surface area contributed by atoms with Gasteiger partial charge in [0.1, 0.15) is 0 Å². The number of hydrogen-bond acceptors (Lipinski definition) is 1. The lowest BCUT2D eigenvalue weighted by Gasteiger charge is -2.22. The maximum Gasteiger partial charge on any atom is 0.00700 e. The van der Waals surface area contributed by atoms with Crippen LogP contribution >= 0.6 is 0 Å². The molecule has 0 spiro atoms. The van der Waals surface area contributed by atoms with Crippen molar-refractivity contribution in [1.29, 1.82) is 0 Å². The van der Waals surface area contributed by atoms with Crippen molar-refractivity contribution < 1.29 is 0 Å². The van der Waals surface area contributed by atoms with Crippen LogP contribution in [0.15, 0.2) is 24.8 Å². The van der Waals surface area contributed by atoms with Crippen LogP contribution in [0.25, 0.3) is 0 Å². The molecule has 0 aromatic heterocycles. The van der Waals surface area contributed by atoms with E-state index in [9.17, 15) is 0 Å². The highest BCUT2D eigenvalue weighted by molar-refractivity contribution is 4.97. The Labute approximate surface area is 75.6 Å². The Morgan fingerprint density at radius 3 is 3.00 bits per heavy atom. The molecule has 0 aromatic rings. The molecule has 1 fully saturated rings. The smallest absolute Gasteiger partial charge is 0.00700 e. The minimum absolute atomic E-state index is 0.771. The summed E-state index contributed by atoms with van der Waals surface area (Å²) in [6.45, 7) is 4.86. The van der Waals surface area contributed by atoms with E-state index in [0.717, 1.165) is 6.04 Å². The fourth-order valence-corrected chi connectivity index (χ4v) is 1.66. The third-order valence-corrected chi connectivity index (χ3v) is 2.37.